The van der Waals surface area contributed by atoms with Crippen LogP contribution in [0.3, 0.4) is 0 Å². The van der Waals surface area contributed by atoms with Crippen molar-refractivity contribution in [3.05, 3.63) is 29.8 Å². The number of amides is 1. The molecule has 3 heteroatoms. The van der Waals surface area contributed by atoms with E-state index in [2.05, 4.69) is 43.4 Å². The molecular weight excluding hydrogens is 248 g/mol. The molecule has 1 amide bonds. The van der Waals surface area contributed by atoms with Gasteiger partial charge in [-0.2, -0.15) is 0 Å². The second-order valence-electron chi connectivity index (χ2n) is 6.57. The maximum Gasteiger partial charge on any atom is 0.227 e. The summed E-state index contributed by atoms with van der Waals surface area (Å²) in [6, 6.07) is 8.99. The largest absolute Gasteiger partial charge is 0.312 e. The lowest BCUT2D eigenvalue weighted by Crippen LogP contribution is -2.32. The van der Waals surface area contributed by atoms with Crippen LogP contribution in [0.15, 0.2) is 24.3 Å². The number of hydrogen-bond donors (Lipinski definition) is 1. The molecule has 1 N–H and O–H groups in total. The first kappa shape index (κ1) is 13.6. The first-order valence-corrected chi connectivity index (χ1v) is 7.71. The molecule has 3 rings (SSSR count). The minimum Gasteiger partial charge on any atom is -0.312 e. The fraction of sp³-hybridized carbons (Fsp3) is 0.588. The topological polar surface area (TPSA) is 32.3 Å². The highest BCUT2D eigenvalue weighted by Crippen LogP contribution is 2.47. The maximum atomic E-state index is 11.7. The van der Waals surface area contributed by atoms with Gasteiger partial charge in [0, 0.05) is 31.2 Å². The molecule has 1 aromatic carbocycles. The Hall–Kier alpha value is -1.35. The number of benzene rings is 1. The SMILES string of the molecule is CC(NCc1ccc(N2CCCC2=O)cc1)C1(C)CC1. The summed E-state index contributed by atoms with van der Waals surface area (Å²) in [5.41, 5.74) is 2.84. The van der Waals surface area contributed by atoms with Crippen molar-refractivity contribution < 1.29 is 4.79 Å². The van der Waals surface area contributed by atoms with E-state index in [1.807, 2.05) is 4.90 Å². The van der Waals surface area contributed by atoms with E-state index in [4.69, 9.17) is 0 Å². The van der Waals surface area contributed by atoms with Crippen LogP contribution < -0.4 is 10.2 Å². The lowest BCUT2D eigenvalue weighted by molar-refractivity contribution is -0.117. The average molecular weight is 272 g/mol. The highest BCUT2D eigenvalue weighted by Gasteiger charge is 2.42. The number of nitrogens with zero attached hydrogens (tertiary/aromatic N) is 1. The summed E-state index contributed by atoms with van der Waals surface area (Å²) in [5.74, 6) is 0.256. The summed E-state index contributed by atoms with van der Waals surface area (Å²) < 4.78 is 0. The van der Waals surface area contributed by atoms with Crippen LogP contribution in [-0.4, -0.2) is 18.5 Å². The highest BCUT2D eigenvalue weighted by molar-refractivity contribution is 5.95. The van der Waals surface area contributed by atoms with Gasteiger partial charge in [0.25, 0.3) is 0 Å². The monoisotopic (exact) mass is 272 g/mol. The molecule has 1 aromatic rings. The van der Waals surface area contributed by atoms with Crippen LogP contribution in [0.25, 0.3) is 0 Å². The molecular formula is C17H24N2O. The molecule has 0 aromatic heterocycles. The van der Waals surface area contributed by atoms with Crippen molar-refractivity contribution in [2.75, 3.05) is 11.4 Å². The van der Waals surface area contributed by atoms with Gasteiger partial charge in [-0.15, -0.1) is 0 Å². The molecule has 2 aliphatic rings. The lowest BCUT2D eigenvalue weighted by Gasteiger charge is -2.21. The van der Waals surface area contributed by atoms with Crippen LogP contribution in [0.4, 0.5) is 5.69 Å². The van der Waals surface area contributed by atoms with E-state index in [1.165, 1.54) is 18.4 Å². The van der Waals surface area contributed by atoms with Crippen molar-refractivity contribution in [3.63, 3.8) is 0 Å². The number of rotatable bonds is 5. The zero-order valence-electron chi connectivity index (χ0n) is 12.5. The van der Waals surface area contributed by atoms with Gasteiger partial charge in [-0.3, -0.25) is 4.79 Å². The zero-order chi connectivity index (χ0) is 14.2. The van der Waals surface area contributed by atoms with Crippen LogP contribution in [0.5, 0.6) is 0 Å². The second kappa shape index (κ2) is 5.21. The summed E-state index contributed by atoms with van der Waals surface area (Å²) in [4.78, 5) is 13.6. The van der Waals surface area contributed by atoms with Crippen molar-refractivity contribution in [1.29, 1.82) is 0 Å². The summed E-state index contributed by atoms with van der Waals surface area (Å²) in [6.45, 7) is 6.41. The Morgan fingerprint density at radius 3 is 2.55 bits per heavy atom. The van der Waals surface area contributed by atoms with E-state index in [1.54, 1.807) is 0 Å². The van der Waals surface area contributed by atoms with Crippen LogP contribution in [0, 0.1) is 5.41 Å². The Morgan fingerprint density at radius 1 is 1.30 bits per heavy atom. The fourth-order valence-corrected chi connectivity index (χ4v) is 2.86. The summed E-state index contributed by atoms with van der Waals surface area (Å²) in [5, 5.41) is 3.62. The molecule has 0 spiro atoms. The van der Waals surface area contributed by atoms with Gasteiger partial charge >= 0.3 is 0 Å². The van der Waals surface area contributed by atoms with E-state index >= 15 is 0 Å². The maximum absolute atomic E-state index is 11.7. The smallest absolute Gasteiger partial charge is 0.227 e. The van der Waals surface area contributed by atoms with Gasteiger partial charge in [0.2, 0.25) is 5.91 Å². The van der Waals surface area contributed by atoms with Gasteiger partial charge in [-0.1, -0.05) is 19.1 Å². The van der Waals surface area contributed by atoms with Crippen molar-refractivity contribution >= 4 is 11.6 Å². The Labute approximate surface area is 121 Å². The summed E-state index contributed by atoms with van der Waals surface area (Å²) >= 11 is 0. The van der Waals surface area contributed by atoms with Gasteiger partial charge in [0.15, 0.2) is 0 Å². The molecule has 1 heterocycles. The third-order valence-electron chi connectivity index (χ3n) is 5.02. The minimum atomic E-state index is 0.256. The van der Waals surface area contributed by atoms with Crippen molar-refractivity contribution in [3.8, 4) is 0 Å². The molecule has 20 heavy (non-hydrogen) atoms. The Bertz CT molecular complexity index is 490. The Morgan fingerprint density at radius 2 is 2.00 bits per heavy atom. The molecule has 108 valence electrons. The van der Waals surface area contributed by atoms with Crippen LogP contribution in [0.2, 0.25) is 0 Å². The van der Waals surface area contributed by atoms with Crippen molar-refractivity contribution in [2.45, 2.75) is 52.1 Å². The van der Waals surface area contributed by atoms with Crippen LogP contribution >= 0.6 is 0 Å². The predicted molar refractivity (Wildman–Crippen MR) is 81.7 cm³/mol. The number of nitrogens with one attached hydrogen (secondary N) is 1. The quantitative estimate of drug-likeness (QED) is 0.893. The molecule has 1 aliphatic carbocycles. The molecule has 1 saturated carbocycles. The number of hydrogen-bond acceptors (Lipinski definition) is 2. The number of carbonyl (C=O) groups is 1. The van der Waals surface area contributed by atoms with Gasteiger partial charge in [0.05, 0.1) is 0 Å². The van der Waals surface area contributed by atoms with E-state index in [9.17, 15) is 4.79 Å². The molecule has 3 nitrogen and oxygen atoms in total. The van der Waals surface area contributed by atoms with Gasteiger partial charge in [0.1, 0.15) is 0 Å². The summed E-state index contributed by atoms with van der Waals surface area (Å²) in [6.07, 6.45) is 4.37. The number of anilines is 1. The van der Waals surface area contributed by atoms with Gasteiger partial charge in [-0.25, -0.2) is 0 Å². The zero-order valence-corrected chi connectivity index (χ0v) is 12.5. The molecule has 1 aliphatic heterocycles. The average Bonchev–Trinajstić information content (AvgIpc) is 3.07. The third-order valence-corrected chi connectivity index (χ3v) is 5.02. The standard InChI is InChI=1S/C17H24N2O/c1-13(17(2)9-10-17)18-12-14-5-7-15(8-6-14)19-11-3-4-16(19)20/h5-8,13,18H,3-4,9-12H2,1-2H3. The van der Waals surface area contributed by atoms with E-state index in [0.29, 0.717) is 17.9 Å². The van der Waals surface area contributed by atoms with E-state index in [-0.39, 0.29) is 5.91 Å². The Balaban J connectivity index is 1.57. The van der Waals surface area contributed by atoms with Gasteiger partial charge in [-0.05, 0) is 49.3 Å². The summed E-state index contributed by atoms with van der Waals surface area (Å²) in [7, 11) is 0. The molecule has 1 saturated heterocycles. The lowest BCUT2D eigenvalue weighted by atomic mass is 10.0. The third kappa shape index (κ3) is 2.73. The Kier molecular flexibility index (Phi) is 3.55. The highest BCUT2D eigenvalue weighted by atomic mass is 16.2. The normalized spacial score (nSPS) is 22.1. The predicted octanol–water partition coefficient (Wildman–Crippen LogP) is 3.09. The minimum absolute atomic E-state index is 0.256. The molecule has 2 fully saturated rings. The second-order valence-corrected chi connectivity index (χ2v) is 6.57. The first-order chi connectivity index (χ1) is 9.58. The molecule has 0 radical (unpaired) electrons. The van der Waals surface area contributed by atoms with Gasteiger partial charge < -0.3 is 10.2 Å². The fourth-order valence-electron chi connectivity index (χ4n) is 2.86. The van der Waals surface area contributed by atoms with E-state index < -0.39 is 0 Å². The number of carbonyl (C=O) groups excluding carboxylic acids is 1. The molecule has 0 bridgehead atoms. The molecule has 1 atom stereocenters. The van der Waals surface area contributed by atoms with E-state index in [0.717, 1.165) is 25.2 Å². The van der Waals surface area contributed by atoms with Crippen molar-refractivity contribution in [2.24, 2.45) is 5.41 Å². The molecule has 1 unspecified atom stereocenters. The van der Waals surface area contributed by atoms with Crippen molar-refractivity contribution in [1.82, 2.24) is 5.32 Å². The first-order valence-electron chi connectivity index (χ1n) is 7.71. The van der Waals surface area contributed by atoms with Crippen LogP contribution in [-0.2, 0) is 11.3 Å². The van der Waals surface area contributed by atoms with Crippen LogP contribution in [0.1, 0.15) is 45.1 Å².